The number of morpholine rings is 1. The summed E-state index contributed by atoms with van der Waals surface area (Å²) in [5.74, 6) is -0.147. The molecule has 1 fully saturated rings. The molecule has 0 bridgehead atoms. The maximum Gasteiger partial charge on any atom is 0.323 e. The summed E-state index contributed by atoms with van der Waals surface area (Å²) in [7, 11) is 0. The van der Waals surface area contributed by atoms with Crippen LogP contribution < -0.4 is 5.32 Å². The van der Waals surface area contributed by atoms with E-state index >= 15 is 0 Å². The summed E-state index contributed by atoms with van der Waals surface area (Å²) < 4.78 is 11.1. The normalized spacial score (nSPS) is 24.0. The standard InChI is InChI=1S/C16H32N2O3/c1-7-20-15(19)14(17-12(2)3)8-9-18-10-13(4)21-16(5,6)11-18/h12-14,17H,7-11H2,1-6H3. The zero-order valence-electron chi connectivity index (χ0n) is 14.4. The summed E-state index contributed by atoms with van der Waals surface area (Å²) in [6.07, 6.45) is 0.993. The lowest BCUT2D eigenvalue weighted by atomic mass is 10.0. The molecule has 0 aromatic carbocycles. The molecule has 0 saturated carbocycles. The number of nitrogens with zero attached hydrogens (tertiary/aromatic N) is 1. The summed E-state index contributed by atoms with van der Waals surface area (Å²) in [5, 5.41) is 3.30. The van der Waals surface area contributed by atoms with Crippen molar-refractivity contribution >= 4 is 5.97 Å². The van der Waals surface area contributed by atoms with Crippen LogP contribution in [0, 0.1) is 0 Å². The highest BCUT2D eigenvalue weighted by Gasteiger charge is 2.32. The van der Waals surface area contributed by atoms with Gasteiger partial charge in [-0.05, 0) is 34.1 Å². The molecule has 0 amide bonds. The molecule has 21 heavy (non-hydrogen) atoms. The third-order valence-electron chi connectivity index (χ3n) is 3.48. The van der Waals surface area contributed by atoms with Gasteiger partial charge in [0, 0.05) is 25.7 Å². The molecule has 1 aliphatic heterocycles. The molecule has 5 heteroatoms. The van der Waals surface area contributed by atoms with Crippen molar-refractivity contribution in [2.75, 3.05) is 26.2 Å². The van der Waals surface area contributed by atoms with Crippen molar-refractivity contribution in [1.29, 1.82) is 0 Å². The van der Waals surface area contributed by atoms with E-state index in [1.807, 2.05) is 20.8 Å². The molecule has 0 radical (unpaired) electrons. The Kier molecular flexibility index (Phi) is 7.10. The average molecular weight is 300 g/mol. The van der Waals surface area contributed by atoms with Crippen molar-refractivity contribution in [2.45, 2.75) is 71.8 Å². The van der Waals surface area contributed by atoms with Crippen LogP contribution in [0.25, 0.3) is 0 Å². The first-order valence-electron chi connectivity index (χ1n) is 8.06. The predicted octanol–water partition coefficient (Wildman–Crippen LogP) is 1.81. The van der Waals surface area contributed by atoms with E-state index < -0.39 is 0 Å². The molecule has 0 aliphatic carbocycles. The number of hydrogen-bond acceptors (Lipinski definition) is 5. The number of rotatable bonds is 7. The molecular weight excluding hydrogens is 268 g/mol. The second-order valence-corrected chi connectivity index (χ2v) is 6.84. The molecule has 2 unspecified atom stereocenters. The van der Waals surface area contributed by atoms with Crippen LogP contribution in [0.1, 0.15) is 48.0 Å². The van der Waals surface area contributed by atoms with Gasteiger partial charge in [0.05, 0.1) is 18.3 Å². The first kappa shape index (κ1) is 18.4. The van der Waals surface area contributed by atoms with Crippen LogP contribution in [0.5, 0.6) is 0 Å². The third kappa shape index (κ3) is 6.76. The number of hydrogen-bond donors (Lipinski definition) is 1. The van der Waals surface area contributed by atoms with Gasteiger partial charge in [-0.3, -0.25) is 9.69 Å². The van der Waals surface area contributed by atoms with E-state index in [2.05, 4.69) is 31.0 Å². The van der Waals surface area contributed by atoms with Crippen molar-refractivity contribution in [3.8, 4) is 0 Å². The van der Waals surface area contributed by atoms with E-state index in [0.717, 1.165) is 26.1 Å². The lowest BCUT2D eigenvalue weighted by molar-refractivity contribution is -0.147. The zero-order valence-corrected chi connectivity index (χ0v) is 14.4. The molecule has 1 heterocycles. The van der Waals surface area contributed by atoms with Gasteiger partial charge in [0.2, 0.25) is 0 Å². The van der Waals surface area contributed by atoms with Crippen LogP contribution in [0.15, 0.2) is 0 Å². The van der Waals surface area contributed by atoms with Crippen LogP contribution >= 0.6 is 0 Å². The molecule has 0 aromatic rings. The van der Waals surface area contributed by atoms with E-state index in [1.165, 1.54) is 0 Å². The lowest BCUT2D eigenvalue weighted by Crippen LogP contribution is -2.53. The average Bonchev–Trinajstić information content (AvgIpc) is 2.31. The van der Waals surface area contributed by atoms with Crippen molar-refractivity contribution in [1.82, 2.24) is 10.2 Å². The largest absolute Gasteiger partial charge is 0.465 e. The first-order valence-corrected chi connectivity index (χ1v) is 8.06. The number of ether oxygens (including phenoxy) is 2. The van der Waals surface area contributed by atoms with Gasteiger partial charge < -0.3 is 14.8 Å². The van der Waals surface area contributed by atoms with Crippen LogP contribution in [0.4, 0.5) is 0 Å². The number of esters is 1. The fourth-order valence-corrected chi connectivity index (χ4v) is 2.98. The maximum absolute atomic E-state index is 12.0. The van der Waals surface area contributed by atoms with Gasteiger partial charge in [0.25, 0.3) is 0 Å². The number of carbonyl (C=O) groups is 1. The first-order chi connectivity index (χ1) is 9.73. The molecule has 0 spiro atoms. The van der Waals surface area contributed by atoms with E-state index in [4.69, 9.17) is 9.47 Å². The highest BCUT2D eigenvalue weighted by atomic mass is 16.5. The summed E-state index contributed by atoms with van der Waals surface area (Å²) >= 11 is 0. The molecule has 5 nitrogen and oxygen atoms in total. The Morgan fingerprint density at radius 1 is 1.48 bits per heavy atom. The summed E-state index contributed by atoms with van der Waals surface area (Å²) in [4.78, 5) is 14.4. The van der Waals surface area contributed by atoms with Gasteiger partial charge in [0.1, 0.15) is 6.04 Å². The number of carbonyl (C=O) groups excluding carboxylic acids is 1. The second-order valence-electron chi connectivity index (χ2n) is 6.84. The molecule has 124 valence electrons. The maximum atomic E-state index is 12.0. The van der Waals surface area contributed by atoms with Crippen LogP contribution in [0.3, 0.4) is 0 Å². The summed E-state index contributed by atoms with van der Waals surface area (Å²) in [6.45, 7) is 15.4. The summed E-state index contributed by atoms with van der Waals surface area (Å²) in [6, 6.07) is 0.0330. The highest BCUT2D eigenvalue weighted by molar-refractivity contribution is 5.75. The Hall–Kier alpha value is -0.650. The molecule has 2 atom stereocenters. The fraction of sp³-hybridized carbons (Fsp3) is 0.938. The predicted molar refractivity (Wildman–Crippen MR) is 84.4 cm³/mol. The smallest absolute Gasteiger partial charge is 0.323 e. The van der Waals surface area contributed by atoms with Crippen LogP contribution in [-0.4, -0.2) is 60.9 Å². The third-order valence-corrected chi connectivity index (χ3v) is 3.48. The lowest BCUT2D eigenvalue weighted by Gasteiger charge is -2.42. The zero-order chi connectivity index (χ0) is 16.0. The monoisotopic (exact) mass is 300 g/mol. The topological polar surface area (TPSA) is 50.8 Å². The molecule has 1 aliphatic rings. The Labute approximate surface area is 129 Å². The molecule has 1 saturated heterocycles. The van der Waals surface area contributed by atoms with E-state index in [-0.39, 0.29) is 29.8 Å². The number of nitrogens with one attached hydrogen (secondary N) is 1. The molecule has 0 aromatic heterocycles. The second kappa shape index (κ2) is 8.11. The van der Waals surface area contributed by atoms with Gasteiger partial charge in [-0.1, -0.05) is 13.8 Å². The molecule has 1 rings (SSSR count). The Morgan fingerprint density at radius 2 is 2.14 bits per heavy atom. The van der Waals surface area contributed by atoms with Crippen molar-refractivity contribution < 1.29 is 14.3 Å². The van der Waals surface area contributed by atoms with Gasteiger partial charge >= 0.3 is 5.97 Å². The van der Waals surface area contributed by atoms with Crippen molar-refractivity contribution in [3.63, 3.8) is 0 Å². The minimum Gasteiger partial charge on any atom is -0.465 e. The van der Waals surface area contributed by atoms with Crippen molar-refractivity contribution in [2.24, 2.45) is 0 Å². The fourth-order valence-electron chi connectivity index (χ4n) is 2.98. The molecule has 1 N–H and O–H groups in total. The Balaban J connectivity index is 2.53. The van der Waals surface area contributed by atoms with E-state index in [9.17, 15) is 4.79 Å². The van der Waals surface area contributed by atoms with Crippen molar-refractivity contribution in [3.05, 3.63) is 0 Å². The SMILES string of the molecule is CCOC(=O)C(CCN1CC(C)OC(C)(C)C1)NC(C)C. The van der Waals surface area contributed by atoms with Gasteiger partial charge in [-0.2, -0.15) is 0 Å². The van der Waals surface area contributed by atoms with Gasteiger partial charge in [-0.25, -0.2) is 0 Å². The van der Waals surface area contributed by atoms with E-state index in [1.54, 1.807) is 0 Å². The van der Waals surface area contributed by atoms with Crippen LogP contribution in [0.2, 0.25) is 0 Å². The highest BCUT2D eigenvalue weighted by Crippen LogP contribution is 2.21. The van der Waals surface area contributed by atoms with Crippen LogP contribution in [-0.2, 0) is 14.3 Å². The minimum atomic E-state index is -0.230. The molecular formula is C16H32N2O3. The minimum absolute atomic E-state index is 0.122. The Morgan fingerprint density at radius 3 is 2.67 bits per heavy atom. The Bertz CT molecular complexity index is 331. The van der Waals surface area contributed by atoms with E-state index in [0.29, 0.717) is 6.61 Å². The summed E-state index contributed by atoms with van der Waals surface area (Å²) in [5.41, 5.74) is -0.122. The van der Waals surface area contributed by atoms with Gasteiger partial charge in [-0.15, -0.1) is 0 Å². The quantitative estimate of drug-likeness (QED) is 0.727. The van der Waals surface area contributed by atoms with Gasteiger partial charge in [0.15, 0.2) is 0 Å².